The van der Waals surface area contributed by atoms with Crippen LogP contribution in [0.4, 0.5) is 11.5 Å². The molecule has 3 nitrogen and oxygen atoms in total. The van der Waals surface area contributed by atoms with Crippen molar-refractivity contribution in [1.82, 2.24) is 4.98 Å². The van der Waals surface area contributed by atoms with Crippen molar-refractivity contribution in [3.8, 4) is 0 Å². The number of anilines is 2. The summed E-state index contributed by atoms with van der Waals surface area (Å²) in [7, 11) is 2.03. The Morgan fingerprint density at radius 2 is 1.79 bits per heavy atom. The molecule has 0 aliphatic heterocycles. The predicted octanol–water partition coefficient (Wildman–Crippen LogP) is 3.18. The topological polar surface area (TPSA) is 42.2 Å². The quantitative estimate of drug-likeness (QED) is 0.912. The summed E-state index contributed by atoms with van der Waals surface area (Å²) in [4.78, 5) is 6.70. The van der Waals surface area contributed by atoms with E-state index in [4.69, 9.17) is 5.73 Å². The summed E-state index contributed by atoms with van der Waals surface area (Å²) in [5.41, 5.74) is 10.3. The van der Waals surface area contributed by atoms with E-state index in [0.717, 1.165) is 29.2 Å². The molecule has 3 heteroatoms. The molecule has 1 heterocycles. The average molecular weight is 255 g/mol. The summed E-state index contributed by atoms with van der Waals surface area (Å²) in [6.07, 6.45) is 1.06. The molecule has 0 aliphatic carbocycles. The van der Waals surface area contributed by atoms with Gasteiger partial charge in [0.1, 0.15) is 5.82 Å². The van der Waals surface area contributed by atoms with Crippen LogP contribution < -0.4 is 10.6 Å². The Morgan fingerprint density at radius 3 is 2.37 bits per heavy atom. The van der Waals surface area contributed by atoms with Crippen LogP contribution in [-0.4, -0.2) is 12.0 Å². The Morgan fingerprint density at radius 1 is 1.11 bits per heavy atom. The molecule has 1 aromatic heterocycles. The molecular formula is C16H21N3. The third-order valence-electron chi connectivity index (χ3n) is 3.36. The van der Waals surface area contributed by atoms with Crippen LogP contribution in [0.25, 0.3) is 0 Å². The molecule has 2 N–H and O–H groups in total. The van der Waals surface area contributed by atoms with E-state index >= 15 is 0 Å². The van der Waals surface area contributed by atoms with Crippen molar-refractivity contribution in [2.24, 2.45) is 5.73 Å². The zero-order valence-corrected chi connectivity index (χ0v) is 11.9. The van der Waals surface area contributed by atoms with E-state index in [1.54, 1.807) is 0 Å². The maximum atomic E-state index is 5.80. The fourth-order valence-electron chi connectivity index (χ4n) is 2.10. The lowest BCUT2D eigenvalue weighted by molar-refractivity contribution is 0.994. The van der Waals surface area contributed by atoms with Crippen molar-refractivity contribution in [3.05, 3.63) is 53.2 Å². The Labute approximate surface area is 115 Å². The Hall–Kier alpha value is -1.87. The number of nitrogens with two attached hydrogens (primary N) is 1. The first kappa shape index (κ1) is 13.6. The van der Waals surface area contributed by atoms with Crippen molar-refractivity contribution in [2.75, 3.05) is 11.9 Å². The minimum Gasteiger partial charge on any atom is -0.329 e. The second-order valence-corrected chi connectivity index (χ2v) is 4.72. The number of hydrogen-bond acceptors (Lipinski definition) is 3. The largest absolute Gasteiger partial charge is 0.329 e. The lowest BCUT2D eigenvalue weighted by atomic mass is 10.1. The van der Waals surface area contributed by atoms with Crippen LogP contribution in [-0.2, 0) is 13.0 Å². The van der Waals surface area contributed by atoms with Crippen molar-refractivity contribution in [3.63, 3.8) is 0 Å². The summed E-state index contributed by atoms with van der Waals surface area (Å²) in [6.45, 7) is 4.66. The highest BCUT2D eigenvalue weighted by Crippen LogP contribution is 2.25. The molecule has 0 spiro atoms. The lowest BCUT2D eigenvalue weighted by Crippen LogP contribution is -2.15. The van der Waals surface area contributed by atoms with Gasteiger partial charge in [-0.1, -0.05) is 25.1 Å². The molecule has 0 bridgehead atoms. The first-order valence-electron chi connectivity index (χ1n) is 6.65. The monoisotopic (exact) mass is 255 g/mol. The van der Waals surface area contributed by atoms with Gasteiger partial charge in [0.25, 0.3) is 0 Å². The van der Waals surface area contributed by atoms with E-state index in [-0.39, 0.29) is 0 Å². The molecule has 19 heavy (non-hydrogen) atoms. The maximum absolute atomic E-state index is 5.80. The summed E-state index contributed by atoms with van der Waals surface area (Å²) in [6, 6.07) is 12.6. The number of aryl methyl sites for hydroxylation is 2. The van der Waals surface area contributed by atoms with Gasteiger partial charge in [0.2, 0.25) is 0 Å². The predicted molar refractivity (Wildman–Crippen MR) is 80.7 cm³/mol. The third kappa shape index (κ3) is 2.93. The molecular weight excluding hydrogens is 234 g/mol. The van der Waals surface area contributed by atoms with Crippen LogP contribution in [0.1, 0.15) is 23.7 Å². The normalized spacial score (nSPS) is 10.5. The van der Waals surface area contributed by atoms with Crippen LogP contribution >= 0.6 is 0 Å². The van der Waals surface area contributed by atoms with E-state index in [1.807, 2.05) is 20.0 Å². The van der Waals surface area contributed by atoms with Crippen molar-refractivity contribution < 1.29 is 0 Å². The Bertz CT molecular complexity index is 546. The lowest BCUT2D eigenvalue weighted by Gasteiger charge is -2.21. The highest BCUT2D eigenvalue weighted by molar-refractivity contribution is 5.62. The van der Waals surface area contributed by atoms with Crippen LogP contribution in [0.5, 0.6) is 0 Å². The fraction of sp³-hybridized carbons (Fsp3) is 0.312. The van der Waals surface area contributed by atoms with Crippen molar-refractivity contribution >= 4 is 11.5 Å². The second kappa shape index (κ2) is 5.85. The van der Waals surface area contributed by atoms with Gasteiger partial charge in [-0.05, 0) is 37.1 Å². The number of benzene rings is 1. The number of nitrogens with zero attached hydrogens (tertiary/aromatic N) is 2. The summed E-state index contributed by atoms with van der Waals surface area (Å²) >= 11 is 0. The fourth-order valence-corrected chi connectivity index (χ4v) is 2.10. The van der Waals surface area contributed by atoms with Crippen LogP contribution in [0.15, 0.2) is 36.4 Å². The molecule has 2 aromatic rings. The molecule has 0 amide bonds. The van der Waals surface area contributed by atoms with E-state index in [2.05, 4.69) is 47.1 Å². The zero-order valence-electron chi connectivity index (χ0n) is 11.9. The summed E-state index contributed by atoms with van der Waals surface area (Å²) < 4.78 is 0. The summed E-state index contributed by atoms with van der Waals surface area (Å²) in [5, 5.41) is 0. The molecule has 0 radical (unpaired) electrons. The van der Waals surface area contributed by atoms with Gasteiger partial charge in [0.05, 0.1) is 0 Å². The van der Waals surface area contributed by atoms with Gasteiger partial charge in [-0.3, -0.25) is 0 Å². The van der Waals surface area contributed by atoms with Gasteiger partial charge in [-0.2, -0.15) is 0 Å². The highest BCUT2D eigenvalue weighted by atomic mass is 15.2. The van der Waals surface area contributed by atoms with Crippen LogP contribution in [0.3, 0.4) is 0 Å². The SMILES string of the molecule is CCc1ccc(N(C)c2nc(C)ccc2CN)cc1. The molecule has 0 atom stereocenters. The number of hydrogen-bond donors (Lipinski definition) is 1. The van der Waals surface area contributed by atoms with Crippen molar-refractivity contribution in [1.29, 1.82) is 0 Å². The molecule has 100 valence electrons. The smallest absolute Gasteiger partial charge is 0.137 e. The van der Waals surface area contributed by atoms with Gasteiger partial charge < -0.3 is 10.6 Å². The molecule has 0 unspecified atom stereocenters. The molecule has 0 saturated carbocycles. The zero-order chi connectivity index (χ0) is 13.8. The third-order valence-corrected chi connectivity index (χ3v) is 3.36. The standard InChI is InChI=1S/C16H21N3/c1-4-13-6-9-15(10-7-13)19(3)16-14(11-17)8-5-12(2)18-16/h5-10H,4,11,17H2,1-3H3. The molecule has 0 fully saturated rings. The van der Waals surface area contributed by atoms with Gasteiger partial charge in [-0.15, -0.1) is 0 Å². The van der Waals surface area contributed by atoms with Crippen LogP contribution in [0.2, 0.25) is 0 Å². The Kier molecular flexibility index (Phi) is 4.17. The summed E-state index contributed by atoms with van der Waals surface area (Å²) in [5.74, 6) is 0.937. The van der Waals surface area contributed by atoms with Gasteiger partial charge in [-0.25, -0.2) is 4.98 Å². The van der Waals surface area contributed by atoms with E-state index in [1.165, 1.54) is 5.56 Å². The second-order valence-electron chi connectivity index (χ2n) is 4.72. The minimum absolute atomic E-state index is 0.500. The van der Waals surface area contributed by atoms with Gasteiger partial charge in [0, 0.05) is 30.5 Å². The number of rotatable bonds is 4. The molecule has 0 saturated heterocycles. The van der Waals surface area contributed by atoms with E-state index in [0.29, 0.717) is 6.54 Å². The van der Waals surface area contributed by atoms with Crippen LogP contribution in [0, 0.1) is 6.92 Å². The first-order valence-corrected chi connectivity index (χ1v) is 6.65. The molecule has 1 aromatic carbocycles. The van der Waals surface area contributed by atoms with Gasteiger partial charge >= 0.3 is 0 Å². The van der Waals surface area contributed by atoms with E-state index in [9.17, 15) is 0 Å². The number of pyridine rings is 1. The molecule has 0 aliphatic rings. The van der Waals surface area contributed by atoms with Gasteiger partial charge in [0.15, 0.2) is 0 Å². The molecule has 2 rings (SSSR count). The highest BCUT2D eigenvalue weighted by Gasteiger charge is 2.10. The minimum atomic E-state index is 0.500. The van der Waals surface area contributed by atoms with E-state index < -0.39 is 0 Å². The number of aromatic nitrogens is 1. The first-order chi connectivity index (χ1) is 9.15. The Balaban J connectivity index is 2.36. The maximum Gasteiger partial charge on any atom is 0.137 e. The van der Waals surface area contributed by atoms with Crippen molar-refractivity contribution in [2.45, 2.75) is 26.8 Å². The average Bonchev–Trinajstić information content (AvgIpc) is 2.46.